The molecule has 19 heavy (non-hydrogen) atoms. The Morgan fingerprint density at radius 1 is 1.37 bits per heavy atom. The monoisotopic (exact) mass is 264 g/mol. The van der Waals surface area contributed by atoms with Crippen LogP contribution in [0, 0.1) is 0 Å². The molecule has 2 heterocycles. The van der Waals surface area contributed by atoms with E-state index in [1.54, 1.807) is 0 Å². The van der Waals surface area contributed by atoms with Gasteiger partial charge >= 0.3 is 5.97 Å². The van der Waals surface area contributed by atoms with Crippen molar-refractivity contribution in [2.24, 2.45) is 0 Å². The number of nitrogens with zero attached hydrogens (tertiary/aromatic N) is 1. The first-order chi connectivity index (χ1) is 9.34. The lowest BCUT2D eigenvalue weighted by molar-refractivity contribution is 0.0379. The van der Waals surface area contributed by atoms with E-state index in [1.807, 2.05) is 0 Å². The molecule has 1 fully saturated rings. The van der Waals surface area contributed by atoms with Gasteiger partial charge in [-0.05, 0) is 38.5 Å². The second-order valence-electron chi connectivity index (χ2n) is 5.30. The maximum Gasteiger partial charge on any atom is 0.359 e. The topological polar surface area (TPSA) is 64.2 Å². The van der Waals surface area contributed by atoms with Crippen LogP contribution in [0.5, 0.6) is 0 Å². The maximum atomic E-state index is 12.0. The fourth-order valence-corrected chi connectivity index (χ4v) is 2.87. The summed E-state index contributed by atoms with van der Waals surface area (Å²) >= 11 is 0. The largest absolute Gasteiger partial charge is 0.461 e. The van der Waals surface area contributed by atoms with Gasteiger partial charge in [0.1, 0.15) is 0 Å². The summed E-state index contributed by atoms with van der Waals surface area (Å²) in [6.07, 6.45) is 7.47. The summed E-state index contributed by atoms with van der Waals surface area (Å²) in [6.45, 7) is 1.26. The van der Waals surface area contributed by atoms with Gasteiger partial charge < -0.3 is 9.47 Å². The van der Waals surface area contributed by atoms with Gasteiger partial charge in [0.15, 0.2) is 5.69 Å². The maximum absolute atomic E-state index is 12.0. The van der Waals surface area contributed by atoms with E-state index in [9.17, 15) is 4.79 Å². The molecule has 0 aromatic carbocycles. The lowest BCUT2D eigenvalue weighted by Gasteiger charge is -2.11. The van der Waals surface area contributed by atoms with Gasteiger partial charge in [-0.3, -0.25) is 5.10 Å². The highest BCUT2D eigenvalue weighted by Crippen LogP contribution is 2.22. The number of aromatic amines is 1. The first-order valence-electron chi connectivity index (χ1n) is 7.19. The zero-order chi connectivity index (χ0) is 13.1. The van der Waals surface area contributed by atoms with E-state index < -0.39 is 0 Å². The minimum Gasteiger partial charge on any atom is -0.461 e. The third-order valence-electron chi connectivity index (χ3n) is 3.95. The zero-order valence-electron chi connectivity index (χ0n) is 11.1. The molecule has 1 aromatic rings. The Morgan fingerprint density at radius 2 is 2.26 bits per heavy atom. The number of H-pyrrole nitrogens is 1. The van der Waals surface area contributed by atoms with Crippen molar-refractivity contribution >= 4 is 5.97 Å². The summed E-state index contributed by atoms with van der Waals surface area (Å²) in [6, 6.07) is 0. The number of hydrogen-bond acceptors (Lipinski definition) is 4. The SMILES string of the molecule is O=C(OCCC1CCCO1)c1n[nH]c2c1CCCC2. The van der Waals surface area contributed by atoms with Gasteiger partial charge in [0.25, 0.3) is 0 Å². The number of carbonyl (C=O) groups excluding carboxylic acids is 1. The predicted molar refractivity (Wildman–Crippen MR) is 69.1 cm³/mol. The van der Waals surface area contributed by atoms with Crippen LogP contribution in [0.15, 0.2) is 0 Å². The highest BCUT2D eigenvalue weighted by Gasteiger charge is 2.23. The van der Waals surface area contributed by atoms with Crippen LogP contribution in [0.25, 0.3) is 0 Å². The van der Waals surface area contributed by atoms with Crippen molar-refractivity contribution in [2.45, 2.75) is 51.0 Å². The van der Waals surface area contributed by atoms with Crippen LogP contribution >= 0.6 is 0 Å². The molecule has 1 atom stereocenters. The molecule has 2 aliphatic rings. The van der Waals surface area contributed by atoms with Crippen LogP contribution in [0.2, 0.25) is 0 Å². The molecule has 1 aliphatic heterocycles. The van der Waals surface area contributed by atoms with Crippen LogP contribution in [0.4, 0.5) is 0 Å². The van der Waals surface area contributed by atoms with Crippen LogP contribution < -0.4 is 0 Å². The molecule has 0 saturated carbocycles. The van der Waals surface area contributed by atoms with E-state index in [0.29, 0.717) is 12.3 Å². The van der Waals surface area contributed by atoms with E-state index in [-0.39, 0.29) is 12.1 Å². The molecule has 0 spiro atoms. The van der Waals surface area contributed by atoms with Gasteiger partial charge in [-0.15, -0.1) is 0 Å². The highest BCUT2D eigenvalue weighted by molar-refractivity contribution is 5.89. The number of carbonyl (C=O) groups is 1. The average Bonchev–Trinajstić information content (AvgIpc) is 3.07. The van der Waals surface area contributed by atoms with Crippen molar-refractivity contribution in [1.29, 1.82) is 0 Å². The molecule has 3 rings (SSSR count). The lowest BCUT2D eigenvalue weighted by Crippen LogP contribution is -2.15. The van der Waals surface area contributed by atoms with Gasteiger partial charge in [0, 0.05) is 24.3 Å². The Labute approximate surface area is 112 Å². The van der Waals surface area contributed by atoms with Crippen molar-refractivity contribution < 1.29 is 14.3 Å². The van der Waals surface area contributed by atoms with Crippen molar-refractivity contribution in [3.05, 3.63) is 17.0 Å². The van der Waals surface area contributed by atoms with Gasteiger partial charge in [0.2, 0.25) is 0 Å². The van der Waals surface area contributed by atoms with Crippen molar-refractivity contribution in [2.75, 3.05) is 13.2 Å². The number of hydrogen-bond donors (Lipinski definition) is 1. The third-order valence-corrected chi connectivity index (χ3v) is 3.95. The summed E-state index contributed by atoms with van der Waals surface area (Å²) in [7, 11) is 0. The minimum absolute atomic E-state index is 0.265. The molecule has 104 valence electrons. The minimum atomic E-state index is -0.294. The van der Waals surface area contributed by atoms with Crippen LogP contribution in [0.1, 0.15) is 53.8 Å². The van der Waals surface area contributed by atoms with Gasteiger partial charge in [-0.2, -0.15) is 5.10 Å². The normalized spacial score (nSPS) is 22.2. The smallest absolute Gasteiger partial charge is 0.359 e. The first-order valence-corrected chi connectivity index (χ1v) is 7.19. The Kier molecular flexibility index (Phi) is 3.82. The molecular formula is C14H20N2O3. The second kappa shape index (κ2) is 5.74. The van der Waals surface area contributed by atoms with Crippen molar-refractivity contribution in [3.8, 4) is 0 Å². The Hall–Kier alpha value is -1.36. The van der Waals surface area contributed by atoms with E-state index in [0.717, 1.165) is 56.4 Å². The zero-order valence-corrected chi connectivity index (χ0v) is 11.1. The van der Waals surface area contributed by atoms with Gasteiger partial charge in [-0.1, -0.05) is 0 Å². The highest BCUT2D eigenvalue weighted by atomic mass is 16.5. The Morgan fingerprint density at radius 3 is 3.11 bits per heavy atom. The van der Waals surface area contributed by atoms with Gasteiger partial charge in [-0.25, -0.2) is 4.79 Å². The number of ether oxygens (including phenoxy) is 2. The van der Waals surface area contributed by atoms with Gasteiger partial charge in [0.05, 0.1) is 12.7 Å². The van der Waals surface area contributed by atoms with Crippen molar-refractivity contribution in [1.82, 2.24) is 10.2 Å². The quantitative estimate of drug-likeness (QED) is 0.845. The number of aromatic nitrogens is 2. The molecular weight excluding hydrogens is 244 g/mol. The number of nitrogens with one attached hydrogen (secondary N) is 1. The average molecular weight is 264 g/mol. The number of esters is 1. The molecule has 1 saturated heterocycles. The van der Waals surface area contributed by atoms with E-state index in [4.69, 9.17) is 9.47 Å². The molecule has 1 aromatic heterocycles. The van der Waals surface area contributed by atoms with Crippen LogP contribution in [-0.4, -0.2) is 35.5 Å². The molecule has 0 amide bonds. The molecule has 0 bridgehead atoms. The summed E-state index contributed by atoms with van der Waals surface area (Å²) in [5.74, 6) is -0.294. The van der Waals surface area contributed by atoms with Crippen LogP contribution in [0.3, 0.4) is 0 Å². The van der Waals surface area contributed by atoms with E-state index >= 15 is 0 Å². The molecule has 1 aliphatic carbocycles. The summed E-state index contributed by atoms with van der Waals surface area (Å²) < 4.78 is 10.8. The molecule has 0 radical (unpaired) electrons. The first kappa shape index (κ1) is 12.7. The number of aryl methyl sites for hydroxylation is 1. The molecule has 5 heteroatoms. The Bertz CT molecular complexity index is 450. The number of fused-ring (bicyclic) bond motifs is 1. The van der Waals surface area contributed by atoms with Crippen molar-refractivity contribution in [3.63, 3.8) is 0 Å². The van der Waals surface area contributed by atoms with E-state index in [1.165, 1.54) is 6.42 Å². The molecule has 5 nitrogen and oxygen atoms in total. The lowest BCUT2D eigenvalue weighted by atomic mass is 9.96. The fraction of sp³-hybridized carbons (Fsp3) is 0.714. The molecule has 1 unspecified atom stereocenters. The predicted octanol–water partition coefficient (Wildman–Crippen LogP) is 2.01. The summed E-state index contributed by atoms with van der Waals surface area (Å²) in [5, 5.41) is 7.08. The number of rotatable bonds is 4. The summed E-state index contributed by atoms with van der Waals surface area (Å²) in [5.41, 5.74) is 2.66. The second-order valence-corrected chi connectivity index (χ2v) is 5.30. The van der Waals surface area contributed by atoms with E-state index in [2.05, 4.69) is 10.2 Å². The summed E-state index contributed by atoms with van der Waals surface area (Å²) in [4.78, 5) is 12.0. The van der Waals surface area contributed by atoms with Crippen LogP contribution in [-0.2, 0) is 22.3 Å². The fourth-order valence-electron chi connectivity index (χ4n) is 2.87. The standard InChI is InChI=1S/C14H20N2O3/c17-14(19-9-7-10-4-3-8-18-10)13-11-5-1-2-6-12(11)15-16-13/h10H,1-9H2,(H,15,16). The third kappa shape index (κ3) is 2.81. The molecule has 1 N–H and O–H groups in total. The Balaban J connectivity index is 1.53.